The van der Waals surface area contributed by atoms with Crippen molar-refractivity contribution >= 4 is 23.4 Å². The van der Waals surface area contributed by atoms with Crippen LogP contribution in [0.3, 0.4) is 0 Å². The van der Waals surface area contributed by atoms with Crippen LogP contribution in [-0.4, -0.2) is 36.3 Å². The van der Waals surface area contributed by atoms with Crippen molar-refractivity contribution in [2.75, 3.05) is 19.6 Å². The fourth-order valence-electron chi connectivity index (χ4n) is 3.38. The van der Waals surface area contributed by atoms with Gasteiger partial charge >= 0.3 is 0 Å². The SMILES string of the molecule is O=C(NCCC(=O)N1CCCCCC1)c1cccc(OCc2cccc(Cl)c2)c1. The van der Waals surface area contributed by atoms with Crippen molar-refractivity contribution in [2.45, 2.75) is 38.7 Å². The number of hydrogen-bond acceptors (Lipinski definition) is 3. The van der Waals surface area contributed by atoms with Crippen molar-refractivity contribution in [2.24, 2.45) is 0 Å². The van der Waals surface area contributed by atoms with E-state index >= 15 is 0 Å². The fraction of sp³-hybridized carbons (Fsp3) is 0.391. The summed E-state index contributed by atoms with van der Waals surface area (Å²) in [7, 11) is 0. The minimum Gasteiger partial charge on any atom is -0.489 e. The van der Waals surface area contributed by atoms with Crippen molar-refractivity contribution in [3.63, 3.8) is 0 Å². The minimum atomic E-state index is -0.207. The van der Waals surface area contributed by atoms with Crippen LogP contribution < -0.4 is 10.1 Å². The second kappa shape index (κ2) is 10.9. The third kappa shape index (κ3) is 6.79. The normalized spacial score (nSPS) is 14.2. The maximum absolute atomic E-state index is 12.4. The first kappa shape index (κ1) is 21.2. The first-order valence-electron chi connectivity index (χ1n) is 10.1. The van der Waals surface area contributed by atoms with Crippen LogP contribution in [0.4, 0.5) is 0 Å². The quantitative estimate of drug-likeness (QED) is 0.728. The smallest absolute Gasteiger partial charge is 0.251 e. The van der Waals surface area contributed by atoms with E-state index in [4.69, 9.17) is 16.3 Å². The maximum atomic E-state index is 12.4. The number of carbonyl (C=O) groups excluding carboxylic acids is 2. The van der Waals surface area contributed by atoms with Crippen LogP contribution in [0.15, 0.2) is 48.5 Å². The first-order chi connectivity index (χ1) is 14.1. The Morgan fingerprint density at radius 3 is 2.52 bits per heavy atom. The van der Waals surface area contributed by atoms with E-state index in [1.807, 2.05) is 35.2 Å². The first-order valence-corrected chi connectivity index (χ1v) is 10.5. The molecule has 2 amide bonds. The lowest BCUT2D eigenvalue weighted by atomic mass is 10.2. The standard InChI is InChI=1S/C23H27ClN2O3/c24-20-9-5-7-18(15-20)17-29-21-10-6-8-19(16-21)23(28)25-12-11-22(27)26-13-3-1-2-4-14-26/h5-10,15-16H,1-4,11-14,17H2,(H,25,28). The third-order valence-corrected chi connectivity index (χ3v) is 5.21. The van der Waals surface area contributed by atoms with Crippen LogP contribution in [0.2, 0.25) is 5.02 Å². The van der Waals surface area contributed by atoms with Gasteiger partial charge in [-0.2, -0.15) is 0 Å². The summed E-state index contributed by atoms with van der Waals surface area (Å²) in [6.07, 6.45) is 4.85. The number of nitrogens with zero attached hydrogens (tertiary/aromatic N) is 1. The third-order valence-electron chi connectivity index (χ3n) is 4.97. The number of rotatable bonds is 7. The molecule has 3 rings (SSSR count). The highest BCUT2D eigenvalue weighted by atomic mass is 35.5. The Labute approximate surface area is 177 Å². The van der Waals surface area contributed by atoms with Gasteiger partial charge in [-0.25, -0.2) is 0 Å². The van der Waals surface area contributed by atoms with Crippen LogP contribution in [-0.2, 0) is 11.4 Å². The Kier molecular flexibility index (Phi) is 7.94. The number of carbonyl (C=O) groups is 2. The van der Waals surface area contributed by atoms with Gasteiger partial charge in [-0.05, 0) is 48.7 Å². The van der Waals surface area contributed by atoms with Gasteiger partial charge in [0.2, 0.25) is 5.91 Å². The molecule has 1 N–H and O–H groups in total. The summed E-state index contributed by atoms with van der Waals surface area (Å²) in [5, 5.41) is 3.49. The van der Waals surface area contributed by atoms with Gasteiger partial charge in [-0.1, -0.05) is 42.6 Å². The van der Waals surface area contributed by atoms with Gasteiger partial charge in [-0.3, -0.25) is 9.59 Å². The van der Waals surface area contributed by atoms with Crippen molar-refractivity contribution in [1.82, 2.24) is 10.2 Å². The maximum Gasteiger partial charge on any atom is 0.251 e. The van der Waals surface area contributed by atoms with Crippen LogP contribution in [0.1, 0.15) is 48.0 Å². The largest absolute Gasteiger partial charge is 0.489 e. The van der Waals surface area contributed by atoms with Crippen molar-refractivity contribution in [3.8, 4) is 5.75 Å². The molecule has 6 heteroatoms. The fourth-order valence-corrected chi connectivity index (χ4v) is 3.60. The topological polar surface area (TPSA) is 58.6 Å². The Balaban J connectivity index is 1.46. The van der Waals surface area contributed by atoms with Gasteiger partial charge in [-0.15, -0.1) is 0 Å². The lowest BCUT2D eigenvalue weighted by Crippen LogP contribution is -2.35. The van der Waals surface area contributed by atoms with Crippen molar-refractivity contribution in [1.29, 1.82) is 0 Å². The Hall–Kier alpha value is -2.53. The Morgan fingerprint density at radius 2 is 1.76 bits per heavy atom. The van der Waals surface area contributed by atoms with Crippen molar-refractivity contribution in [3.05, 3.63) is 64.7 Å². The van der Waals surface area contributed by atoms with Gasteiger partial charge in [0, 0.05) is 36.6 Å². The number of nitrogens with one attached hydrogen (secondary N) is 1. The number of ether oxygens (including phenoxy) is 1. The van der Waals surface area contributed by atoms with Crippen LogP contribution in [0.25, 0.3) is 0 Å². The molecule has 1 aliphatic rings. The van der Waals surface area contributed by atoms with Gasteiger partial charge in [0.1, 0.15) is 12.4 Å². The molecule has 0 aromatic heterocycles. The minimum absolute atomic E-state index is 0.116. The molecular formula is C23H27ClN2O3. The summed E-state index contributed by atoms with van der Waals surface area (Å²) in [5.74, 6) is 0.519. The molecule has 0 aliphatic carbocycles. The molecular weight excluding hydrogens is 388 g/mol. The molecule has 0 radical (unpaired) electrons. The van der Waals surface area contributed by atoms with E-state index < -0.39 is 0 Å². The molecule has 1 aliphatic heterocycles. The second-order valence-corrected chi connectivity index (χ2v) is 7.68. The van der Waals surface area contributed by atoms with E-state index in [1.165, 1.54) is 12.8 Å². The van der Waals surface area contributed by atoms with Gasteiger partial charge < -0.3 is 15.0 Å². The lowest BCUT2D eigenvalue weighted by molar-refractivity contribution is -0.131. The van der Waals surface area contributed by atoms with E-state index in [1.54, 1.807) is 18.2 Å². The van der Waals surface area contributed by atoms with E-state index in [9.17, 15) is 9.59 Å². The summed E-state index contributed by atoms with van der Waals surface area (Å²) >= 11 is 5.99. The molecule has 0 unspecified atom stereocenters. The molecule has 0 bridgehead atoms. The molecule has 154 valence electrons. The molecule has 1 saturated heterocycles. The summed E-state index contributed by atoms with van der Waals surface area (Å²) < 4.78 is 5.77. The predicted molar refractivity (Wildman–Crippen MR) is 114 cm³/mol. The average Bonchev–Trinajstić information content (AvgIpc) is 3.02. The number of hydrogen-bond donors (Lipinski definition) is 1. The number of amides is 2. The molecule has 1 heterocycles. The van der Waals surface area contributed by atoms with E-state index in [-0.39, 0.29) is 11.8 Å². The second-order valence-electron chi connectivity index (χ2n) is 7.25. The number of benzene rings is 2. The van der Waals surface area contributed by atoms with Crippen LogP contribution in [0.5, 0.6) is 5.75 Å². The molecule has 2 aromatic rings. The highest BCUT2D eigenvalue weighted by Crippen LogP contribution is 2.17. The van der Waals surface area contributed by atoms with Crippen LogP contribution in [0, 0.1) is 0 Å². The molecule has 29 heavy (non-hydrogen) atoms. The van der Waals surface area contributed by atoms with E-state index in [2.05, 4.69) is 5.32 Å². The zero-order chi connectivity index (χ0) is 20.5. The Bertz CT molecular complexity index is 832. The van der Waals surface area contributed by atoms with Crippen LogP contribution >= 0.6 is 11.6 Å². The average molecular weight is 415 g/mol. The highest BCUT2D eigenvalue weighted by Gasteiger charge is 2.15. The predicted octanol–water partition coefficient (Wildman–Crippen LogP) is 4.44. The number of halogens is 1. The summed E-state index contributed by atoms with van der Waals surface area (Å²) in [6, 6.07) is 14.5. The number of likely N-dealkylation sites (tertiary alicyclic amines) is 1. The monoisotopic (exact) mass is 414 g/mol. The molecule has 0 atom stereocenters. The zero-order valence-corrected chi connectivity index (χ0v) is 17.3. The van der Waals surface area contributed by atoms with E-state index in [0.29, 0.717) is 35.9 Å². The van der Waals surface area contributed by atoms with Crippen molar-refractivity contribution < 1.29 is 14.3 Å². The molecule has 1 fully saturated rings. The van der Waals surface area contributed by atoms with Gasteiger partial charge in [0.25, 0.3) is 5.91 Å². The molecule has 2 aromatic carbocycles. The molecule has 0 saturated carbocycles. The highest BCUT2D eigenvalue weighted by molar-refractivity contribution is 6.30. The summed E-state index contributed by atoms with van der Waals surface area (Å²) in [6.45, 7) is 2.37. The zero-order valence-electron chi connectivity index (χ0n) is 16.5. The summed E-state index contributed by atoms with van der Waals surface area (Å²) in [5.41, 5.74) is 1.47. The molecule has 5 nitrogen and oxygen atoms in total. The summed E-state index contributed by atoms with van der Waals surface area (Å²) in [4.78, 5) is 26.7. The van der Waals surface area contributed by atoms with Gasteiger partial charge in [0.05, 0.1) is 0 Å². The van der Waals surface area contributed by atoms with Gasteiger partial charge in [0.15, 0.2) is 0 Å². The molecule has 0 spiro atoms. The lowest BCUT2D eigenvalue weighted by Gasteiger charge is -2.20. The Morgan fingerprint density at radius 1 is 1.00 bits per heavy atom. The van der Waals surface area contributed by atoms with E-state index in [0.717, 1.165) is 31.5 Å².